The van der Waals surface area contributed by atoms with Gasteiger partial charge in [0.05, 0.1) is 10.7 Å². The van der Waals surface area contributed by atoms with E-state index in [1.54, 1.807) is 25.1 Å². The van der Waals surface area contributed by atoms with Crippen LogP contribution in [0.1, 0.15) is 5.82 Å². The Hall–Kier alpha value is -1.32. The molecule has 0 amide bonds. The number of benzene rings is 1. The van der Waals surface area contributed by atoms with Crippen LogP contribution in [0, 0.1) is 6.92 Å². The molecule has 0 aliphatic heterocycles. The summed E-state index contributed by atoms with van der Waals surface area (Å²) in [6.45, 7) is 1.71. The molecule has 0 saturated carbocycles. The molecular formula is C11H8Cl2N2O. The van der Waals surface area contributed by atoms with Crippen molar-refractivity contribution < 1.29 is 0 Å². The second-order valence-electron chi connectivity index (χ2n) is 3.34. The van der Waals surface area contributed by atoms with Crippen LogP contribution in [-0.4, -0.2) is 9.97 Å². The van der Waals surface area contributed by atoms with Crippen LogP contribution in [0.2, 0.25) is 10.0 Å². The van der Waals surface area contributed by atoms with Gasteiger partial charge in [0.1, 0.15) is 5.82 Å². The molecule has 82 valence electrons. The molecule has 2 rings (SSSR count). The first-order valence-electron chi connectivity index (χ1n) is 4.59. The lowest BCUT2D eigenvalue weighted by molar-refractivity contribution is 1.02. The van der Waals surface area contributed by atoms with Crippen molar-refractivity contribution in [3.63, 3.8) is 0 Å². The molecule has 3 nitrogen and oxygen atoms in total. The third kappa shape index (κ3) is 2.26. The molecule has 0 atom stereocenters. The molecule has 1 aromatic carbocycles. The summed E-state index contributed by atoms with van der Waals surface area (Å²) in [5, 5.41) is 1.07. The van der Waals surface area contributed by atoms with Gasteiger partial charge in [0.25, 0.3) is 5.56 Å². The molecule has 0 bridgehead atoms. The molecule has 0 aliphatic rings. The SMILES string of the molecule is Cc1nc(-c2cc(Cl)ccc2Cl)cc(=O)[nH]1. The highest BCUT2D eigenvalue weighted by molar-refractivity contribution is 6.35. The van der Waals surface area contributed by atoms with Crippen LogP contribution in [0.25, 0.3) is 11.3 Å². The van der Waals surface area contributed by atoms with Crippen LogP contribution in [-0.2, 0) is 0 Å². The number of hydrogen-bond donors (Lipinski definition) is 1. The normalized spacial score (nSPS) is 10.4. The third-order valence-electron chi connectivity index (χ3n) is 2.06. The number of halogens is 2. The summed E-state index contributed by atoms with van der Waals surface area (Å²) in [6, 6.07) is 6.44. The number of aromatic amines is 1. The molecule has 0 fully saturated rings. The predicted molar refractivity (Wildman–Crippen MR) is 65.1 cm³/mol. The minimum atomic E-state index is -0.210. The molecule has 0 spiro atoms. The standard InChI is InChI=1S/C11H8Cl2N2O/c1-6-14-10(5-11(16)15-6)8-4-7(12)2-3-9(8)13/h2-5H,1H3,(H,14,15,16). The van der Waals surface area contributed by atoms with E-state index in [-0.39, 0.29) is 5.56 Å². The van der Waals surface area contributed by atoms with Crippen molar-refractivity contribution in [2.75, 3.05) is 0 Å². The Morgan fingerprint density at radius 3 is 2.69 bits per heavy atom. The zero-order valence-electron chi connectivity index (χ0n) is 8.42. The van der Waals surface area contributed by atoms with Crippen LogP contribution in [0.4, 0.5) is 0 Å². The summed E-state index contributed by atoms with van der Waals surface area (Å²) >= 11 is 11.9. The van der Waals surface area contributed by atoms with Crippen molar-refractivity contribution in [1.82, 2.24) is 9.97 Å². The van der Waals surface area contributed by atoms with Gasteiger partial charge in [0.15, 0.2) is 0 Å². The Balaban J connectivity index is 2.66. The highest BCUT2D eigenvalue weighted by Crippen LogP contribution is 2.28. The summed E-state index contributed by atoms with van der Waals surface area (Å²) < 4.78 is 0. The van der Waals surface area contributed by atoms with Crippen molar-refractivity contribution in [1.29, 1.82) is 0 Å². The lowest BCUT2D eigenvalue weighted by atomic mass is 10.1. The van der Waals surface area contributed by atoms with Gasteiger partial charge in [-0.25, -0.2) is 4.98 Å². The fraction of sp³-hybridized carbons (Fsp3) is 0.0909. The number of nitrogens with zero attached hydrogens (tertiary/aromatic N) is 1. The second-order valence-corrected chi connectivity index (χ2v) is 4.18. The summed E-state index contributed by atoms with van der Waals surface area (Å²) in [5.74, 6) is 0.540. The van der Waals surface area contributed by atoms with Crippen molar-refractivity contribution in [3.05, 3.63) is 50.5 Å². The zero-order chi connectivity index (χ0) is 11.7. The van der Waals surface area contributed by atoms with Gasteiger partial charge < -0.3 is 4.98 Å². The van der Waals surface area contributed by atoms with Crippen LogP contribution in [0.15, 0.2) is 29.1 Å². The minimum absolute atomic E-state index is 0.210. The van der Waals surface area contributed by atoms with Crippen molar-refractivity contribution in [3.8, 4) is 11.3 Å². The quantitative estimate of drug-likeness (QED) is 0.851. The van der Waals surface area contributed by atoms with Gasteiger partial charge in [-0.15, -0.1) is 0 Å². The van der Waals surface area contributed by atoms with Gasteiger partial charge in [-0.3, -0.25) is 4.79 Å². The summed E-state index contributed by atoms with van der Waals surface area (Å²) in [6.07, 6.45) is 0. The van der Waals surface area contributed by atoms with E-state index in [0.717, 1.165) is 0 Å². The Kier molecular flexibility index (Phi) is 2.99. The van der Waals surface area contributed by atoms with Crippen molar-refractivity contribution in [2.45, 2.75) is 6.92 Å². The molecule has 0 unspecified atom stereocenters. The molecule has 0 radical (unpaired) electrons. The molecule has 1 heterocycles. The number of nitrogens with one attached hydrogen (secondary N) is 1. The zero-order valence-corrected chi connectivity index (χ0v) is 9.93. The summed E-state index contributed by atoms with van der Waals surface area (Å²) in [5.41, 5.74) is 0.968. The topological polar surface area (TPSA) is 45.8 Å². The predicted octanol–water partition coefficient (Wildman–Crippen LogP) is 3.05. The van der Waals surface area contributed by atoms with E-state index in [2.05, 4.69) is 9.97 Å². The van der Waals surface area contributed by atoms with Gasteiger partial charge in [0.2, 0.25) is 0 Å². The first kappa shape index (κ1) is 11.2. The molecule has 1 aromatic heterocycles. The Morgan fingerprint density at radius 2 is 2.00 bits per heavy atom. The van der Waals surface area contributed by atoms with E-state index in [0.29, 0.717) is 27.1 Å². The summed E-state index contributed by atoms with van der Waals surface area (Å²) in [7, 11) is 0. The highest BCUT2D eigenvalue weighted by Gasteiger charge is 2.07. The molecule has 5 heteroatoms. The molecule has 1 N–H and O–H groups in total. The maximum absolute atomic E-state index is 11.3. The van der Waals surface area contributed by atoms with Gasteiger partial charge >= 0.3 is 0 Å². The van der Waals surface area contributed by atoms with Crippen molar-refractivity contribution >= 4 is 23.2 Å². The Labute approximate surface area is 102 Å². The number of rotatable bonds is 1. The lowest BCUT2D eigenvalue weighted by Crippen LogP contribution is -2.08. The summed E-state index contributed by atoms with van der Waals surface area (Å²) in [4.78, 5) is 18.1. The number of aryl methyl sites for hydroxylation is 1. The number of aromatic nitrogens is 2. The molecular weight excluding hydrogens is 247 g/mol. The largest absolute Gasteiger partial charge is 0.311 e. The van der Waals surface area contributed by atoms with Gasteiger partial charge in [-0.2, -0.15) is 0 Å². The van der Waals surface area contributed by atoms with Crippen LogP contribution in [0.5, 0.6) is 0 Å². The molecule has 2 aromatic rings. The third-order valence-corrected chi connectivity index (χ3v) is 2.63. The number of H-pyrrole nitrogens is 1. The average molecular weight is 255 g/mol. The van der Waals surface area contributed by atoms with E-state index >= 15 is 0 Å². The van der Waals surface area contributed by atoms with Crippen LogP contribution >= 0.6 is 23.2 Å². The van der Waals surface area contributed by atoms with E-state index in [4.69, 9.17) is 23.2 Å². The van der Waals surface area contributed by atoms with E-state index < -0.39 is 0 Å². The van der Waals surface area contributed by atoms with Crippen LogP contribution in [0.3, 0.4) is 0 Å². The Bertz CT molecular complexity index is 593. The molecule has 0 saturated heterocycles. The van der Waals surface area contributed by atoms with E-state index in [9.17, 15) is 4.79 Å². The first-order valence-corrected chi connectivity index (χ1v) is 5.35. The fourth-order valence-electron chi connectivity index (χ4n) is 1.41. The Morgan fingerprint density at radius 1 is 1.25 bits per heavy atom. The first-order chi connectivity index (χ1) is 7.56. The maximum Gasteiger partial charge on any atom is 0.251 e. The lowest BCUT2D eigenvalue weighted by Gasteiger charge is -2.04. The van der Waals surface area contributed by atoms with E-state index in [1.807, 2.05) is 0 Å². The minimum Gasteiger partial charge on any atom is -0.311 e. The number of hydrogen-bond acceptors (Lipinski definition) is 2. The van der Waals surface area contributed by atoms with E-state index in [1.165, 1.54) is 6.07 Å². The van der Waals surface area contributed by atoms with Gasteiger partial charge in [-0.05, 0) is 25.1 Å². The average Bonchev–Trinajstić information content (AvgIpc) is 2.20. The van der Waals surface area contributed by atoms with Gasteiger partial charge in [-0.1, -0.05) is 23.2 Å². The second kappa shape index (κ2) is 4.28. The highest BCUT2D eigenvalue weighted by atomic mass is 35.5. The molecule has 16 heavy (non-hydrogen) atoms. The van der Waals surface area contributed by atoms with Gasteiger partial charge in [0, 0.05) is 16.7 Å². The van der Waals surface area contributed by atoms with Crippen molar-refractivity contribution in [2.24, 2.45) is 0 Å². The monoisotopic (exact) mass is 254 g/mol. The van der Waals surface area contributed by atoms with Crippen LogP contribution < -0.4 is 5.56 Å². The maximum atomic E-state index is 11.3. The molecule has 0 aliphatic carbocycles. The fourth-order valence-corrected chi connectivity index (χ4v) is 1.80. The smallest absolute Gasteiger partial charge is 0.251 e.